The number of aliphatic carboxylic acids is 1. The summed E-state index contributed by atoms with van der Waals surface area (Å²) in [5, 5.41) is 20.3. The van der Waals surface area contributed by atoms with Gasteiger partial charge in [0.1, 0.15) is 5.60 Å². The topological polar surface area (TPSA) is 66.8 Å². The lowest BCUT2D eigenvalue weighted by Gasteiger charge is -2.17. The first kappa shape index (κ1) is 23.3. The molecule has 2 N–H and O–H groups in total. The SMILES string of the molecule is CC(C)OC(Cc1cccc(C#CC(C)(O)c2ccc(-c3ccccc3)cc2)c1)C(=O)O. The maximum atomic E-state index is 11.5. The van der Waals surface area contributed by atoms with Crippen LogP contribution in [0.2, 0.25) is 0 Å². The van der Waals surface area contributed by atoms with E-state index in [4.69, 9.17) is 4.74 Å². The second-order valence-corrected chi connectivity index (χ2v) is 8.18. The standard InChI is InChI=1S/C28H28O4/c1-20(2)32-26(27(29)30)19-22-9-7-8-21(18-22)16-17-28(3,31)25-14-12-24(13-15-25)23-10-5-4-6-11-23/h4-15,18,20,26,31H,19H2,1-3H3,(H,29,30). The molecule has 0 aliphatic rings. The molecule has 2 atom stereocenters. The zero-order valence-electron chi connectivity index (χ0n) is 18.6. The molecule has 4 heteroatoms. The van der Waals surface area contributed by atoms with E-state index < -0.39 is 17.7 Å². The first-order valence-electron chi connectivity index (χ1n) is 10.6. The molecule has 0 bridgehead atoms. The number of aliphatic hydroxyl groups is 1. The van der Waals surface area contributed by atoms with Crippen LogP contribution in [0.25, 0.3) is 11.1 Å². The van der Waals surface area contributed by atoms with Crippen molar-refractivity contribution in [2.45, 2.75) is 45.0 Å². The fourth-order valence-corrected chi connectivity index (χ4v) is 3.40. The van der Waals surface area contributed by atoms with Gasteiger partial charge in [0.15, 0.2) is 6.10 Å². The van der Waals surface area contributed by atoms with Crippen LogP contribution in [0.5, 0.6) is 0 Å². The van der Waals surface area contributed by atoms with Crippen LogP contribution < -0.4 is 0 Å². The summed E-state index contributed by atoms with van der Waals surface area (Å²) in [7, 11) is 0. The van der Waals surface area contributed by atoms with Gasteiger partial charge < -0.3 is 14.9 Å². The summed E-state index contributed by atoms with van der Waals surface area (Å²) in [6.45, 7) is 5.29. The fourth-order valence-electron chi connectivity index (χ4n) is 3.40. The zero-order valence-corrected chi connectivity index (χ0v) is 18.6. The van der Waals surface area contributed by atoms with Gasteiger partial charge >= 0.3 is 5.97 Å². The summed E-state index contributed by atoms with van der Waals surface area (Å²) in [4.78, 5) is 11.5. The van der Waals surface area contributed by atoms with Gasteiger partial charge in [-0.15, -0.1) is 0 Å². The Bertz CT molecular complexity index is 1100. The van der Waals surface area contributed by atoms with E-state index in [0.29, 0.717) is 11.1 Å². The normalized spacial score (nSPS) is 13.7. The molecular weight excluding hydrogens is 400 g/mol. The number of carboxylic acids is 1. The van der Waals surface area contributed by atoms with Crippen molar-refractivity contribution >= 4 is 5.97 Å². The van der Waals surface area contributed by atoms with Crippen LogP contribution in [0.1, 0.15) is 37.5 Å². The third kappa shape index (κ3) is 6.31. The van der Waals surface area contributed by atoms with E-state index in [0.717, 1.165) is 16.7 Å². The predicted molar refractivity (Wildman–Crippen MR) is 126 cm³/mol. The lowest BCUT2D eigenvalue weighted by atomic mass is 9.94. The number of hydrogen-bond donors (Lipinski definition) is 2. The van der Waals surface area contributed by atoms with Crippen LogP contribution in [0.15, 0.2) is 78.9 Å². The highest BCUT2D eigenvalue weighted by Gasteiger charge is 2.21. The first-order valence-corrected chi connectivity index (χ1v) is 10.6. The molecule has 3 aromatic rings. The van der Waals surface area contributed by atoms with Crippen molar-refractivity contribution in [3.8, 4) is 23.0 Å². The van der Waals surface area contributed by atoms with Crippen LogP contribution in [0.3, 0.4) is 0 Å². The van der Waals surface area contributed by atoms with E-state index in [9.17, 15) is 15.0 Å². The smallest absolute Gasteiger partial charge is 0.333 e. The van der Waals surface area contributed by atoms with E-state index in [1.165, 1.54) is 0 Å². The highest BCUT2D eigenvalue weighted by Crippen LogP contribution is 2.25. The van der Waals surface area contributed by atoms with Crippen molar-refractivity contribution in [1.82, 2.24) is 0 Å². The van der Waals surface area contributed by atoms with Gasteiger partial charge in [-0.25, -0.2) is 4.79 Å². The maximum Gasteiger partial charge on any atom is 0.333 e. The van der Waals surface area contributed by atoms with Gasteiger partial charge in [-0.2, -0.15) is 0 Å². The summed E-state index contributed by atoms with van der Waals surface area (Å²) in [6.07, 6.45) is -0.840. The van der Waals surface area contributed by atoms with E-state index in [-0.39, 0.29) is 12.5 Å². The molecule has 2 unspecified atom stereocenters. The molecule has 0 radical (unpaired) electrons. The molecule has 0 aliphatic carbocycles. The predicted octanol–water partition coefficient (Wildman–Crippen LogP) is 5.03. The van der Waals surface area contributed by atoms with Crippen molar-refractivity contribution in [1.29, 1.82) is 0 Å². The van der Waals surface area contributed by atoms with Crippen molar-refractivity contribution in [3.63, 3.8) is 0 Å². The van der Waals surface area contributed by atoms with Gasteiger partial charge in [0.25, 0.3) is 0 Å². The summed E-state index contributed by atoms with van der Waals surface area (Å²) >= 11 is 0. The summed E-state index contributed by atoms with van der Waals surface area (Å²) in [5.74, 6) is 4.98. The van der Waals surface area contributed by atoms with Crippen LogP contribution in [0.4, 0.5) is 0 Å². The minimum Gasteiger partial charge on any atom is -0.479 e. The highest BCUT2D eigenvalue weighted by atomic mass is 16.5. The molecule has 0 aliphatic heterocycles. The van der Waals surface area contributed by atoms with Crippen molar-refractivity contribution in [2.24, 2.45) is 0 Å². The molecule has 3 rings (SSSR count). The molecule has 4 nitrogen and oxygen atoms in total. The fraction of sp³-hybridized carbons (Fsp3) is 0.250. The minimum atomic E-state index is -1.32. The summed E-state index contributed by atoms with van der Waals surface area (Å²) in [5.41, 5.74) is 3.09. The summed E-state index contributed by atoms with van der Waals surface area (Å²) < 4.78 is 5.49. The molecule has 0 saturated carbocycles. The maximum absolute atomic E-state index is 11.5. The lowest BCUT2D eigenvalue weighted by Crippen LogP contribution is -2.29. The molecule has 3 aromatic carbocycles. The Morgan fingerprint density at radius 2 is 1.62 bits per heavy atom. The average molecular weight is 429 g/mol. The van der Waals surface area contributed by atoms with Gasteiger partial charge in [0.05, 0.1) is 6.10 Å². The average Bonchev–Trinajstić information content (AvgIpc) is 2.78. The number of hydrogen-bond acceptors (Lipinski definition) is 3. The van der Waals surface area contributed by atoms with Crippen LogP contribution in [-0.4, -0.2) is 28.4 Å². The highest BCUT2D eigenvalue weighted by molar-refractivity contribution is 5.72. The third-order valence-electron chi connectivity index (χ3n) is 5.06. The number of benzene rings is 3. The third-order valence-corrected chi connectivity index (χ3v) is 5.06. The molecule has 32 heavy (non-hydrogen) atoms. The number of rotatable bonds is 7. The van der Waals surface area contributed by atoms with Crippen LogP contribution in [0, 0.1) is 11.8 Å². The van der Waals surface area contributed by atoms with Gasteiger partial charge in [0, 0.05) is 12.0 Å². The van der Waals surface area contributed by atoms with E-state index in [1.54, 1.807) is 6.92 Å². The number of carbonyl (C=O) groups is 1. The largest absolute Gasteiger partial charge is 0.479 e. The molecule has 0 saturated heterocycles. The summed E-state index contributed by atoms with van der Waals surface area (Å²) in [6, 6.07) is 25.1. The Labute approximate surface area is 189 Å². The number of ether oxygens (including phenoxy) is 1. The second-order valence-electron chi connectivity index (χ2n) is 8.18. The van der Waals surface area contributed by atoms with Gasteiger partial charge in [0.2, 0.25) is 0 Å². The molecule has 0 aromatic heterocycles. The van der Waals surface area contributed by atoms with Gasteiger partial charge in [-0.3, -0.25) is 0 Å². The molecule has 0 spiro atoms. The quantitative estimate of drug-likeness (QED) is 0.518. The van der Waals surface area contributed by atoms with E-state index >= 15 is 0 Å². The number of carboxylic acid groups (broad SMARTS) is 1. The van der Waals surface area contributed by atoms with Crippen LogP contribution >= 0.6 is 0 Å². The molecule has 0 heterocycles. The molecule has 0 amide bonds. The van der Waals surface area contributed by atoms with E-state index in [1.807, 2.05) is 92.7 Å². The van der Waals surface area contributed by atoms with Crippen LogP contribution in [-0.2, 0) is 21.6 Å². The Balaban J connectivity index is 1.76. The minimum absolute atomic E-state index is 0.178. The Kier molecular flexibility index (Phi) is 7.48. The molecular formula is C28H28O4. The van der Waals surface area contributed by atoms with Gasteiger partial charge in [-0.05, 0) is 55.2 Å². The Morgan fingerprint density at radius 3 is 2.25 bits per heavy atom. The molecule has 0 fully saturated rings. The van der Waals surface area contributed by atoms with Crippen molar-refractivity contribution < 1.29 is 19.7 Å². The first-order chi connectivity index (χ1) is 15.2. The Morgan fingerprint density at radius 1 is 0.969 bits per heavy atom. The monoisotopic (exact) mass is 428 g/mol. The second kappa shape index (κ2) is 10.3. The van der Waals surface area contributed by atoms with Crippen molar-refractivity contribution in [2.75, 3.05) is 0 Å². The van der Waals surface area contributed by atoms with E-state index in [2.05, 4.69) is 11.8 Å². The van der Waals surface area contributed by atoms with Gasteiger partial charge in [-0.1, -0.05) is 78.6 Å². The van der Waals surface area contributed by atoms with Crippen molar-refractivity contribution in [3.05, 3.63) is 95.6 Å². The lowest BCUT2D eigenvalue weighted by molar-refractivity contribution is -0.153. The zero-order chi connectivity index (χ0) is 23.1. The Hall–Kier alpha value is -3.39. The molecule has 164 valence electrons.